The quantitative estimate of drug-likeness (QED) is 0.606. The van der Waals surface area contributed by atoms with Crippen LogP contribution >= 0.6 is 0 Å². The summed E-state index contributed by atoms with van der Waals surface area (Å²) in [5, 5.41) is 18.4. The first kappa shape index (κ1) is 11.9. The van der Waals surface area contributed by atoms with Crippen molar-refractivity contribution in [1.29, 1.82) is 0 Å². The minimum atomic E-state index is -0.183. The Hall–Kier alpha value is -1.56. The van der Waals surface area contributed by atoms with Crippen LogP contribution in [0.15, 0.2) is 6.07 Å². The molecule has 17 heavy (non-hydrogen) atoms. The van der Waals surface area contributed by atoms with Crippen LogP contribution in [0.2, 0.25) is 0 Å². The molecule has 2 atom stereocenters. The number of aliphatic hydroxyl groups is 1. The summed E-state index contributed by atoms with van der Waals surface area (Å²) in [6.07, 6.45) is 3.89. The number of aromatic nitrogens is 2. The van der Waals surface area contributed by atoms with Gasteiger partial charge in [0, 0.05) is 18.7 Å². The molecule has 0 spiro atoms. The number of hydrogen-bond acceptors (Lipinski definition) is 4. The number of rotatable bonds is 3. The van der Waals surface area contributed by atoms with Gasteiger partial charge in [0.2, 0.25) is 0 Å². The van der Waals surface area contributed by atoms with E-state index in [4.69, 9.17) is 10.8 Å². The van der Waals surface area contributed by atoms with Crippen LogP contribution in [0, 0.1) is 5.92 Å². The molecule has 2 unspecified atom stereocenters. The highest BCUT2D eigenvalue weighted by Gasteiger charge is 2.23. The van der Waals surface area contributed by atoms with E-state index in [1.165, 1.54) is 6.07 Å². The number of nitrogens with one attached hydrogen (secondary N) is 2. The van der Waals surface area contributed by atoms with E-state index in [1.807, 2.05) is 0 Å². The van der Waals surface area contributed by atoms with E-state index >= 15 is 0 Å². The Morgan fingerprint density at radius 1 is 1.65 bits per heavy atom. The number of nitrogens with two attached hydrogens (primary N) is 1. The first-order valence-electron chi connectivity index (χ1n) is 5.91. The number of hydrogen-bond donors (Lipinski definition) is 4. The van der Waals surface area contributed by atoms with Gasteiger partial charge >= 0.3 is 0 Å². The van der Waals surface area contributed by atoms with Crippen molar-refractivity contribution in [1.82, 2.24) is 15.5 Å². The van der Waals surface area contributed by atoms with Gasteiger partial charge in [0.15, 0.2) is 0 Å². The van der Waals surface area contributed by atoms with Crippen molar-refractivity contribution >= 4 is 11.7 Å². The molecule has 1 amide bonds. The Labute approximate surface area is 99.6 Å². The molecule has 1 heterocycles. The maximum absolute atomic E-state index is 11.8. The van der Waals surface area contributed by atoms with Crippen molar-refractivity contribution in [3.05, 3.63) is 11.8 Å². The van der Waals surface area contributed by atoms with Gasteiger partial charge in [0.1, 0.15) is 11.5 Å². The molecule has 0 saturated heterocycles. The molecular weight excluding hydrogens is 220 g/mol. The Bertz CT molecular complexity index is 391. The number of nitrogen functional groups attached to an aromatic ring is 1. The molecule has 0 aromatic carbocycles. The largest absolute Gasteiger partial charge is 0.396 e. The molecule has 1 aliphatic carbocycles. The van der Waals surface area contributed by atoms with Crippen LogP contribution in [0.25, 0.3) is 0 Å². The van der Waals surface area contributed by atoms with E-state index in [0.717, 1.165) is 25.7 Å². The normalized spacial score (nSPS) is 24.5. The van der Waals surface area contributed by atoms with Crippen molar-refractivity contribution in [3.8, 4) is 0 Å². The predicted molar refractivity (Wildman–Crippen MR) is 63.3 cm³/mol. The Kier molecular flexibility index (Phi) is 3.63. The molecule has 1 saturated carbocycles. The minimum absolute atomic E-state index is 0.137. The van der Waals surface area contributed by atoms with Gasteiger partial charge < -0.3 is 16.2 Å². The minimum Gasteiger partial charge on any atom is -0.396 e. The molecule has 0 aliphatic heterocycles. The Morgan fingerprint density at radius 2 is 2.47 bits per heavy atom. The highest BCUT2D eigenvalue weighted by Crippen LogP contribution is 2.23. The number of anilines is 1. The van der Waals surface area contributed by atoms with E-state index in [9.17, 15) is 4.79 Å². The van der Waals surface area contributed by atoms with E-state index in [0.29, 0.717) is 17.4 Å². The second kappa shape index (κ2) is 5.18. The summed E-state index contributed by atoms with van der Waals surface area (Å²) in [6.45, 7) is 0.198. The Balaban J connectivity index is 1.90. The number of H-pyrrole nitrogens is 1. The third-order valence-electron chi connectivity index (χ3n) is 3.22. The number of aliphatic hydroxyl groups excluding tert-OH is 1. The van der Waals surface area contributed by atoms with Gasteiger partial charge in [-0.05, 0) is 25.2 Å². The number of carbonyl (C=O) groups excluding carboxylic acids is 1. The molecule has 0 radical (unpaired) electrons. The lowest BCUT2D eigenvalue weighted by atomic mass is 9.86. The first-order chi connectivity index (χ1) is 8.19. The van der Waals surface area contributed by atoms with Crippen LogP contribution in [-0.2, 0) is 0 Å². The zero-order chi connectivity index (χ0) is 12.3. The lowest BCUT2D eigenvalue weighted by Crippen LogP contribution is -2.39. The van der Waals surface area contributed by atoms with Gasteiger partial charge in [-0.15, -0.1) is 0 Å². The average Bonchev–Trinajstić information content (AvgIpc) is 2.76. The highest BCUT2D eigenvalue weighted by atomic mass is 16.3. The number of amides is 1. The van der Waals surface area contributed by atoms with E-state index in [-0.39, 0.29) is 18.6 Å². The molecule has 94 valence electrons. The highest BCUT2D eigenvalue weighted by molar-refractivity contribution is 5.93. The molecule has 0 bridgehead atoms. The summed E-state index contributed by atoms with van der Waals surface area (Å²) in [5.41, 5.74) is 5.82. The molecule has 2 rings (SSSR count). The molecule has 1 aliphatic rings. The summed E-state index contributed by atoms with van der Waals surface area (Å²) < 4.78 is 0. The van der Waals surface area contributed by atoms with E-state index in [1.54, 1.807) is 0 Å². The van der Waals surface area contributed by atoms with Crippen molar-refractivity contribution in [2.45, 2.75) is 31.7 Å². The molecular formula is C11H18N4O2. The smallest absolute Gasteiger partial charge is 0.269 e. The zero-order valence-electron chi connectivity index (χ0n) is 9.65. The zero-order valence-corrected chi connectivity index (χ0v) is 9.65. The van der Waals surface area contributed by atoms with Gasteiger partial charge in [0.25, 0.3) is 5.91 Å². The van der Waals surface area contributed by atoms with Crippen LogP contribution in [0.5, 0.6) is 0 Å². The van der Waals surface area contributed by atoms with E-state index in [2.05, 4.69) is 15.5 Å². The summed E-state index contributed by atoms with van der Waals surface area (Å²) in [4.78, 5) is 11.8. The third kappa shape index (κ3) is 2.97. The lowest BCUT2D eigenvalue weighted by Gasteiger charge is -2.28. The topological polar surface area (TPSA) is 104 Å². The fourth-order valence-electron chi connectivity index (χ4n) is 2.30. The number of nitrogens with zero attached hydrogens (tertiary/aromatic N) is 1. The van der Waals surface area contributed by atoms with E-state index < -0.39 is 0 Å². The average molecular weight is 238 g/mol. The predicted octanol–water partition coefficient (Wildman–Crippen LogP) is 0.273. The molecule has 6 nitrogen and oxygen atoms in total. The summed E-state index contributed by atoms with van der Waals surface area (Å²) >= 11 is 0. The first-order valence-corrected chi connectivity index (χ1v) is 5.91. The van der Waals surface area contributed by atoms with Crippen LogP contribution < -0.4 is 11.1 Å². The molecule has 1 aromatic heterocycles. The maximum atomic E-state index is 11.8. The summed E-state index contributed by atoms with van der Waals surface area (Å²) in [5.74, 6) is 0.436. The lowest BCUT2D eigenvalue weighted by molar-refractivity contribution is 0.0901. The van der Waals surface area contributed by atoms with Crippen LogP contribution in [0.3, 0.4) is 0 Å². The number of carbonyl (C=O) groups is 1. The molecule has 6 heteroatoms. The number of aromatic amines is 1. The van der Waals surface area contributed by atoms with Crippen LogP contribution in [0.1, 0.15) is 36.2 Å². The van der Waals surface area contributed by atoms with Gasteiger partial charge in [-0.2, -0.15) is 5.10 Å². The van der Waals surface area contributed by atoms with Crippen molar-refractivity contribution in [2.24, 2.45) is 5.92 Å². The third-order valence-corrected chi connectivity index (χ3v) is 3.22. The summed E-state index contributed by atoms with van der Waals surface area (Å²) in [7, 11) is 0. The van der Waals surface area contributed by atoms with Gasteiger partial charge in [-0.1, -0.05) is 6.42 Å². The van der Waals surface area contributed by atoms with Crippen molar-refractivity contribution in [3.63, 3.8) is 0 Å². The monoisotopic (exact) mass is 238 g/mol. The van der Waals surface area contributed by atoms with Gasteiger partial charge in [-0.25, -0.2) is 0 Å². The van der Waals surface area contributed by atoms with Crippen molar-refractivity contribution < 1.29 is 9.90 Å². The molecule has 5 N–H and O–H groups in total. The standard InChI is InChI=1S/C11H18N4O2/c12-10-5-9(14-15-10)11(17)13-8-3-1-2-7(4-8)6-16/h5,7-8,16H,1-4,6H2,(H,13,17)(H3,12,14,15). The van der Waals surface area contributed by atoms with Crippen LogP contribution in [0.4, 0.5) is 5.82 Å². The SMILES string of the molecule is Nc1cc(C(=O)NC2CCCC(CO)C2)[nH]n1. The van der Waals surface area contributed by atoms with Crippen molar-refractivity contribution in [2.75, 3.05) is 12.3 Å². The fraction of sp³-hybridized carbons (Fsp3) is 0.636. The van der Waals surface area contributed by atoms with Gasteiger partial charge in [-0.3, -0.25) is 9.89 Å². The maximum Gasteiger partial charge on any atom is 0.269 e. The second-order valence-electron chi connectivity index (χ2n) is 4.59. The Morgan fingerprint density at radius 3 is 3.12 bits per heavy atom. The second-order valence-corrected chi connectivity index (χ2v) is 4.59. The fourth-order valence-corrected chi connectivity index (χ4v) is 2.30. The van der Waals surface area contributed by atoms with Crippen LogP contribution in [-0.4, -0.2) is 33.9 Å². The van der Waals surface area contributed by atoms with Gasteiger partial charge in [0.05, 0.1) is 0 Å². The summed E-state index contributed by atoms with van der Waals surface area (Å²) in [6, 6.07) is 1.65. The molecule has 1 aromatic rings. The molecule has 1 fully saturated rings.